The van der Waals surface area contributed by atoms with E-state index in [4.69, 9.17) is 4.74 Å². The van der Waals surface area contributed by atoms with Gasteiger partial charge in [-0.2, -0.15) is 0 Å². The number of halogens is 2. The van der Waals surface area contributed by atoms with Crippen LogP contribution in [0.25, 0.3) is 0 Å². The number of rotatable bonds is 5. The Morgan fingerprint density at radius 1 is 1.33 bits per heavy atom. The first kappa shape index (κ1) is 15.2. The van der Waals surface area contributed by atoms with E-state index in [1.165, 1.54) is 31.4 Å². The fraction of sp³-hybridized carbons (Fsp3) is 0.143. The molecule has 5 nitrogen and oxygen atoms in total. The van der Waals surface area contributed by atoms with Crippen molar-refractivity contribution in [1.82, 2.24) is 0 Å². The molecule has 0 aliphatic carbocycles. The topological polar surface area (TPSA) is 64.4 Å². The predicted molar refractivity (Wildman–Crippen MR) is 81.1 cm³/mol. The van der Waals surface area contributed by atoms with E-state index in [0.717, 1.165) is 0 Å². The highest BCUT2D eigenvalue weighted by Crippen LogP contribution is 2.28. The Balaban J connectivity index is 2.22. The summed E-state index contributed by atoms with van der Waals surface area (Å²) in [7, 11) is 1.43. The Morgan fingerprint density at radius 2 is 2.10 bits per heavy atom. The number of nitro benzene ring substituents is 1. The molecule has 2 aromatic rings. The quantitative estimate of drug-likeness (QED) is 0.647. The van der Waals surface area contributed by atoms with Gasteiger partial charge in [0.05, 0.1) is 17.7 Å². The summed E-state index contributed by atoms with van der Waals surface area (Å²) in [5, 5.41) is 14.0. The first-order valence-corrected chi connectivity index (χ1v) is 6.81. The van der Waals surface area contributed by atoms with Gasteiger partial charge in [-0.3, -0.25) is 10.1 Å². The van der Waals surface area contributed by atoms with Crippen molar-refractivity contribution in [3.63, 3.8) is 0 Å². The average molecular weight is 355 g/mol. The van der Waals surface area contributed by atoms with Gasteiger partial charge in [0, 0.05) is 28.7 Å². The van der Waals surface area contributed by atoms with Gasteiger partial charge in [-0.15, -0.1) is 0 Å². The fourth-order valence-electron chi connectivity index (χ4n) is 1.86. The number of hydrogen-bond donors (Lipinski definition) is 1. The number of methoxy groups -OCH3 is 1. The van der Waals surface area contributed by atoms with Crippen LogP contribution in [0.1, 0.15) is 5.56 Å². The molecule has 0 atom stereocenters. The molecule has 0 heterocycles. The molecule has 7 heteroatoms. The number of nitro groups is 1. The molecule has 0 fully saturated rings. The smallest absolute Gasteiger partial charge is 0.275 e. The Labute approximate surface area is 129 Å². The van der Waals surface area contributed by atoms with Crippen molar-refractivity contribution in [2.75, 3.05) is 12.4 Å². The van der Waals surface area contributed by atoms with Crippen LogP contribution < -0.4 is 10.1 Å². The van der Waals surface area contributed by atoms with E-state index in [2.05, 4.69) is 21.2 Å². The van der Waals surface area contributed by atoms with Crippen molar-refractivity contribution in [2.24, 2.45) is 0 Å². The van der Waals surface area contributed by atoms with Gasteiger partial charge in [-0.25, -0.2) is 4.39 Å². The van der Waals surface area contributed by atoms with Crippen LogP contribution >= 0.6 is 15.9 Å². The molecule has 1 N–H and O–H groups in total. The van der Waals surface area contributed by atoms with Crippen LogP contribution in [0.5, 0.6) is 5.75 Å². The molecule has 110 valence electrons. The molecule has 0 amide bonds. The van der Waals surface area contributed by atoms with E-state index in [1.54, 1.807) is 12.1 Å². The summed E-state index contributed by atoms with van der Waals surface area (Å²) in [6.07, 6.45) is 0. The van der Waals surface area contributed by atoms with Gasteiger partial charge in [0.2, 0.25) is 0 Å². The minimum absolute atomic E-state index is 0.0120. The molecule has 0 saturated carbocycles. The monoisotopic (exact) mass is 354 g/mol. The highest BCUT2D eigenvalue weighted by atomic mass is 79.9. The molecule has 21 heavy (non-hydrogen) atoms. The largest absolute Gasteiger partial charge is 0.494 e. The summed E-state index contributed by atoms with van der Waals surface area (Å²) >= 11 is 3.20. The highest BCUT2D eigenvalue weighted by molar-refractivity contribution is 9.10. The lowest BCUT2D eigenvalue weighted by Gasteiger charge is -2.11. The molecule has 0 saturated heterocycles. The van der Waals surface area contributed by atoms with Gasteiger partial charge in [0.25, 0.3) is 5.69 Å². The molecule has 0 spiro atoms. The summed E-state index contributed by atoms with van der Waals surface area (Å²) in [4.78, 5) is 10.6. The Bertz CT molecular complexity index is 679. The van der Waals surface area contributed by atoms with Crippen molar-refractivity contribution in [1.29, 1.82) is 0 Å². The van der Waals surface area contributed by atoms with E-state index < -0.39 is 10.7 Å². The number of hydrogen-bond acceptors (Lipinski definition) is 4. The van der Waals surface area contributed by atoms with E-state index in [9.17, 15) is 14.5 Å². The van der Waals surface area contributed by atoms with Crippen molar-refractivity contribution in [2.45, 2.75) is 6.54 Å². The maximum Gasteiger partial charge on any atom is 0.275 e. The lowest BCUT2D eigenvalue weighted by atomic mass is 10.1. The first-order chi connectivity index (χ1) is 10.0. The van der Waals surface area contributed by atoms with Crippen molar-refractivity contribution < 1.29 is 14.1 Å². The Kier molecular flexibility index (Phi) is 4.74. The molecule has 0 aromatic heterocycles. The summed E-state index contributed by atoms with van der Waals surface area (Å²) in [6.45, 7) is 0.228. The second-order valence-corrected chi connectivity index (χ2v) is 5.14. The standard InChI is InChI=1S/C14H12BrFN2O3/c1-21-14-7-11(16)4-5-12(14)17-8-9-2-3-10(15)6-13(9)18(19)20/h2-7,17H,8H2,1H3. The zero-order valence-electron chi connectivity index (χ0n) is 11.1. The maximum absolute atomic E-state index is 13.1. The molecular weight excluding hydrogens is 343 g/mol. The number of anilines is 1. The zero-order chi connectivity index (χ0) is 15.4. The third kappa shape index (κ3) is 3.69. The first-order valence-electron chi connectivity index (χ1n) is 6.01. The van der Waals surface area contributed by atoms with Gasteiger partial charge >= 0.3 is 0 Å². The van der Waals surface area contributed by atoms with Crippen LogP contribution in [0.15, 0.2) is 40.9 Å². The third-order valence-electron chi connectivity index (χ3n) is 2.88. The predicted octanol–water partition coefficient (Wildman–Crippen LogP) is 4.12. The molecule has 0 unspecified atom stereocenters. The number of benzene rings is 2. The third-order valence-corrected chi connectivity index (χ3v) is 3.37. The highest BCUT2D eigenvalue weighted by Gasteiger charge is 2.14. The minimum Gasteiger partial charge on any atom is -0.494 e. The molecule has 0 radical (unpaired) electrons. The van der Waals surface area contributed by atoms with Crippen LogP contribution in [0.4, 0.5) is 15.8 Å². The van der Waals surface area contributed by atoms with E-state index in [-0.39, 0.29) is 12.2 Å². The van der Waals surface area contributed by atoms with Crippen molar-refractivity contribution >= 4 is 27.3 Å². The average Bonchev–Trinajstić information content (AvgIpc) is 2.46. The molecule has 0 aliphatic heterocycles. The lowest BCUT2D eigenvalue weighted by molar-refractivity contribution is -0.385. The molecule has 2 aromatic carbocycles. The fourth-order valence-corrected chi connectivity index (χ4v) is 2.21. The van der Waals surface area contributed by atoms with Gasteiger partial charge in [0.1, 0.15) is 11.6 Å². The molecule has 0 aliphatic rings. The maximum atomic E-state index is 13.1. The van der Waals surface area contributed by atoms with Crippen LogP contribution in [-0.4, -0.2) is 12.0 Å². The van der Waals surface area contributed by atoms with E-state index in [1.807, 2.05) is 0 Å². The van der Waals surface area contributed by atoms with Crippen molar-refractivity contribution in [3.05, 3.63) is 62.4 Å². The van der Waals surface area contributed by atoms with E-state index >= 15 is 0 Å². The van der Waals surface area contributed by atoms with Crippen LogP contribution in [0.3, 0.4) is 0 Å². The Morgan fingerprint density at radius 3 is 2.76 bits per heavy atom. The molecular formula is C14H12BrFN2O3. The summed E-state index contributed by atoms with van der Waals surface area (Å²) in [5.41, 5.74) is 1.10. The van der Waals surface area contributed by atoms with Gasteiger partial charge in [-0.05, 0) is 24.3 Å². The lowest BCUT2D eigenvalue weighted by Crippen LogP contribution is -2.04. The summed E-state index contributed by atoms with van der Waals surface area (Å²) in [6, 6.07) is 8.90. The molecule has 0 bridgehead atoms. The van der Waals surface area contributed by atoms with Gasteiger partial charge in [0.15, 0.2) is 0 Å². The number of ether oxygens (including phenoxy) is 1. The molecule has 2 rings (SSSR count). The second kappa shape index (κ2) is 6.53. The SMILES string of the molecule is COc1cc(F)ccc1NCc1ccc(Br)cc1[N+](=O)[O-]. The van der Waals surface area contributed by atoms with Gasteiger partial charge in [-0.1, -0.05) is 15.9 Å². The van der Waals surface area contributed by atoms with Crippen molar-refractivity contribution in [3.8, 4) is 5.75 Å². The minimum atomic E-state index is -0.441. The van der Waals surface area contributed by atoms with E-state index in [0.29, 0.717) is 21.5 Å². The summed E-state index contributed by atoms with van der Waals surface area (Å²) in [5.74, 6) is -0.0678. The summed E-state index contributed by atoms with van der Waals surface area (Å²) < 4.78 is 18.8. The van der Waals surface area contributed by atoms with Crippen LogP contribution in [0, 0.1) is 15.9 Å². The normalized spacial score (nSPS) is 10.2. The van der Waals surface area contributed by atoms with Gasteiger partial charge < -0.3 is 10.1 Å². The second-order valence-electron chi connectivity index (χ2n) is 4.23. The Hall–Kier alpha value is -2.15. The number of nitrogens with one attached hydrogen (secondary N) is 1. The van der Waals surface area contributed by atoms with Crippen LogP contribution in [0.2, 0.25) is 0 Å². The number of nitrogens with zero attached hydrogens (tertiary/aromatic N) is 1. The van der Waals surface area contributed by atoms with Crippen LogP contribution in [-0.2, 0) is 6.54 Å². The zero-order valence-corrected chi connectivity index (χ0v) is 12.7.